The molecule has 0 bridgehead atoms. The molecule has 1 aromatic heterocycles. The Morgan fingerprint density at radius 2 is 2.00 bits per heavy atom. The molecule has 2 aliphatic carbocycles. The summed E-state index contributed by atoms with van der Waals surface area (Å²) in [6.45, 7) is 1.86. The highest BCUT2D eigenvalue weighted by Crippen LogP contribution is 2.38. The number of ether oxygens (including phenoxy) is 1. The number of nitrogens with zero attached hydrogens (tertiary/aromatic N) is 1. The highest BCUT2D eigenvalue weighted by atomic mass is 32.1. The third-order valence-corrected chi connectivity index (χ3v) is 5.85. The highest BCUT2D eigenvalue weighted by molar-refractivity contribution is 7.11. The fourth-order valence-electron chi connectivity index (χ4n) is 3.31. The van der Waals surface area contributed by atoms with Crippen LogP contribution in [0.5, 0.6) is 0 Å². The number of hydrogen-bond donors (Lipinski definition) is 1. The van der Waals surface area contributed by atoms with Gasteiger partial charge >= 0.3 is 0 Å². The van der Waals surface area contributed by atoms with E-state index < -0.39 is 0 Å². The fraction of sp³-hybridized carbons (Fsp3) is 0.800. The second-order valence-electron chi connectivity index (χ2n) is 6.14. The Morgan fingerprint density at radius 1 is 1.16 bits per heavy atom. The van der Waals surface area contributed by atoms with Crippen LogP contribution < -0.4 is 5.32 Å². The maximum atomic E-state index is 5.52. The maximum absolute atomic E-state index is 5.52. The van der Waals surface area contributed by atoms with Crippen LogP contribution in [0.4, 0.5) is 0 Å². The molecule has 1 atom stereocenters. The first-order valence-corrected chi connectivity index (χ1v) is 8.54. The molecule has 1 aliphatic heterocycles. The van der Waals surface area contributed by atoms with Crippen LogP contribution in [0.15, 0.2) is 0 Å². The Labute approximate surface area is 118 Å². The molecule has 0 radical (unpaired) electrons. The van der Waals surface area contributed by atoms with Crippen LogP contribution >= 0.6 is 11.3 Å². The lowest BCUT2D eigenvalue weighted by Crippen LogP contribution is -2.33. The minimum atomic E-state index is 0.493. The third kappa shape index (κ3) is 2.58. The van der Waals surface area contributed by atoms with Gasteiger partial charge in [0.2, 0.25) is 0 Å². The minimum Gasteiger partial charge on any atom is -0.381 e. The van der Waals surface area contributed by atoms with Gasteiger partial charge in [0.05, 0.1) is 11.7 Å². The molecule has 2 heterocycles. The van der Waals surface area contributed by atoms with Gasteiger partial charge in [-0.25, -0.2) is 4.98 Å². The van der Waals surface area contributed by atoms with Crippen LogP contribution in [0, 0.1) is 5.92 Å². The van der Waals surface area contributed by atoms with Crippen LogP contribution in [0.1, 0.15) is 53.7 Å². The molecule has 1 saturated carbocycles. The van der Waals surface area contributed by atoms with Gasteiger partial charge < -0.3 is 10.1 Å². The number of aromatic nitrogens is 1. The lowest BCUT2D eigenvalue weighted by atomic mass is 9.92. The Kier molecular flexibility index (Phi) is 3.34. The number of aryl methyl sites for hydroxylation is 2. The molecule has 1 saturated heterocycles. The first kappa shape index (κ1) is 12.3. The molecule has 4 rings (SSSR count). The first-order chi connectivity index (χ1) is 9.40. The van der Waals surface area contributed by atoms with Crippen molar-refractivity contribution in [2.45, 2.75) is 57.0 Å². The Hall–Kier alpha value is -0.450. The molecule has 0 aromatic carbocycles. The van der Waals surface area contributed by atoms with Gasteiger partial charge in [0.25, 0.3) is 0 Å². The monoisotopic (exact) mass is 278 g/mol. The molecule has 0 amide bonds. The van der Waals surface area contributed by atoms with Crippen molar-refractivity contribution in [2.75, 3.05) is 13.2 Å². The van der Waals surface area contributed by atoms with Crippen LogP contribution in [0.25, 0.3) is 0 Å². The van der Waals surface area contributed by atoms with Gasteiger partial charge in [0.15, 0.2) is 0 Å². The summed E-state index contributed by atoms with van der Waals surface area (Å²) in [6, 6.07) is 1.25. The molecule has 104 valence electrons. The van der Waals surface area contributed by atoms with Crippen molar-refractivity contribution in [1.29, 1.82) is 0 Å². The fourth-order valence-corrected chi connectivity index (χ4v) is 4.61. The number of thiazole rings is 1. The first-order valence-electron chi connectivity index (χ1n) is 7.72. The van der Waals surface area contributed by atoms with Crippen LogP contribution in [0.3, 0.4) is 0 Å². The predicted molar refractivity (Wildman–Crippen MR) is 76.6 cm³/mol. The zero-order valence-electron chi connectivity index (χ0n) is 11.4. The lowest BCUT2D eigenvalue weighted by Gasteiger charge is -2.30. The van der Waals surface area contributed by atoms with E-state index in [0.717, 1.165) is 25.2 Å². The second kappa shape index (κ2) is 5.15. The molecule has 1 unspecified atom stereocenters. The van der Waals surface area contributed by atoms with Crippen LogP contribution in [-0.4, -0.2) is 24.2 Å². The van der Waals surface area contributed by atoms with Gasteiger partial charge in [-0.2, -0.15) is 0 Å². The average molecular weight is 278 g/mol. The molecule has 0 spiro atoms. The van der Waals surface area contributed by atoms with Gasteiger partial charge in [-0.15, -0.1) is 11.3 Å². The zero-order valence-corrected chi connectivity index (χ0v) is 12.2. The summed E-state index contributed by atoms with van der Waals surface area (Å²) >= 11 is 1.98. The maximum Gasteiger partial charge on any atom is 0.110 e. The summed E-state index contributed by atoms with van der Waals surface area (Å²) in [6.07, 6.45) is 8.86. The Morgan fingerprint density at radius 3 is 2.74 bits per heavy atom. The standard InChI is InChI=1S/C15H22N2OS/c1-2-12-13(3-1)19-15(17-12)14(16-11-4-5-11)10-6-8-18-9-7-10/h10-11,14,16H,1-9H2. The molecular formula is C15H22N2OS. The van der Waals surface area contributed by atoms with E-state index in [4.69, 9.17) is 9.72 Å². The number of nitrogens with one attached hydrogen (secondary N) is 1. The normalized spacial score (nSPS) is 25.5. The van der Waals surface area contributed by atoms with Crippen LogP contribution in [0.2, 0.25) is 0 Å². The summed E-state index contributed by atoms with van der Waals surface area (Å²) in [7, 11) is 0. The van der Waals surface area contributed by atoms with Gasteiger partial charge in [-0.1, -0.05) is 0 Å². The van der Waals surface area contributed by atoms with Crippen molar-refractivity contribution in [3.63, 3.8) is 0 Å². The average Bonchev–Trinajstić information content (AvgIpc) is 3.01. The van der Waals surface area contributed by atoms with E-state index in [0.29, 0.717) is 6.04 Å². The van der Waals surface area contributed by atoms with E-state index in [9.17, 15) is 0 Å². The molecule has 2 fully saturated rings. The lowest BCUT2D eigenvalue weighted by molar-refractivity contribution is 0.0532. The van der Waals surface area contributed by atoms with Crippen molar-refractivity contribution in [3.05, 3.63) is 15.6 Å². The van der Waals surface area contributed by atoms with Crippen molar-refractivity contribution in [1.82, 2.24) is 10.3 Å². The largest absolute Gasteiger partial charge is 0.381 e. The highest BCUT2D eigenvalue weighted by Gasteiger charge is 2.34. The van der Waals surface area contributed by atoms with E-state index in [1.807, 2.05) is 11.3 Å². The molecule has 1 N–H and O–H groups in total. The predicted octanol–water partition coefficient (Wildman–Crippen LogP) is 2.85. The molecule has 1 aromatic rings. The summed E-state index contributed by atoms with van der Waals surface area (Å²) < 4.78 is 5.52. The SMILES string of the molecule is C1Cc2nc(C(NC3CC3)C3CCOCC3)sc2C1. The Bertz CT molecular complexity index is 427. The molecule has 3 aliphatic rings. The molecule has 3 nitrogen and oxygen atoms in total. The summed E-state index contributed by atoms with van der Waals surface area (Å²) in [5.74, 6) is 0.723. The molecular weight excluding hydrogens is 256 g/mol. The summed E-state index contributed by atoms with van der Waals surface area (Å²) in [5.41, 5.74) is 1.40. The molecule has 4 heteroatoms. The van der Waals surface area contributed by atoms with Crippen molar-refractivity contribution in [3.8, 4) is 0 Å². The van der Waals surface area contributed by atoms with E-state index in [2.05, 4.69) is 5.32 Å². The van der Waals surface area contributed by atoms with Gasteiger partial charge in [0.1, 0.15) is 5.01 Å². The topological polar surface area (TPSA) is 34.2 Å². The quantitative estimate of drug-likeness (QED) is 0.919. The van der Waals surface area contributed by atoms with Crippen LogP contribution in [-0.2, 0) is 17.6 Å². The molecule has 19 heavy (non-hydrogen) atoms. The van der Waals surface area contributed by atoms with Gasteiger partial charge in [-0.05, 0) is 50.9 Å². The summed E-state index contributed by atoms with van der Waals surface area (Å²) in [4.78, 5) is 6.52. The van der Waals surface area contributed by atoms with Gasteiger partial charge in [0, 0.05) is 24.1 Å². The Balaban J connectivity index is 1.56. The third-order valence-electron chi connectivity index (χ3n) is 4.61. The van der Waals surface area contributed by atoms with Crippen molar-refractivity contribution in [2.24, 2.45) is 5.92 Å². The van der Waals surface area contributed by atoms with Crippen molar-refractivity contribution < 1.29 is 4.74 Å². The smallest absolute Gasteiger partial charge is 0.110 e. The number of hydrogen-bond acceptors (Lipinski definition) is 4. The van der Waals surface area contributed by atoms with E-state index in [-0.39, 0.29) is 0 Å². The number of rotatable bonds is 4. The minimum absolute atomic E-state index is 0.493. The van der Waals surface area contributed by atoms with Crippen molar-refractivity contribution >= 4 is 11.3 Å². The van der Waals surface area contributed by atoms with E-state index >= 15 is 0 Å². The second-order valence-corrected chi connectivity index (χ2v) is 7.26. The van der Waals surface area contributed by atoms with Gasteiger partial charge in [-0.3, -0.25) is 0 Å². The zero-order chi connectivity index (χ0) is 12.7. The number of fused-ring (bicyclic) bond motifs is 1. The van der Waals surface area contributed by atoms with E-state index in [1.54, 1.807) is 4.88 Å². The van der Waals surface area contributed by atoms with E-state index in [1.165, 1.54) is 55.6 Å². The summed E-state index contributed by atoms with van der Waals surface area (Å²) in [5, 5.41) is 5.22.